The molecule has 0 aliphatic heterocycles. The minimum Gasteiger partial charge on any atom is -0.481 e. The van der Waals surface area contributed by atoms with E-state index in [9.17, 15) is 14.7 Å². The monoisotopic (exact) mass is 454 g/mol. The zero-order valence-electron chi connectivity index (χ0n) is 22.1. The number of carbonyl (C=O) groups is 2. The number of fused-ring (bicyclic) bond motifs is 7. The van der Waals surface area contributed by atoms with Crippen LogP contribution in [0.15, 0.2) is 11.6 Å². The number of carboxylic acids is 1. The van der Waals surface area contributed by atoms with Crippen LogP contribution in [0, 0.1) is 50.2 Å². The van der Waals surface area contributed by atoms with E-state index < -0.39 is 11.4 Å². The second-order valence-electron chi connectivity index (χ2n) is 14.9. The molecular weight excluding hydrogens is 408 g/mol. The quantitative estimate of drug-likeness (QED) is 0.448. The first-order chi connectivity index (χ1) is 15.1. The molecule has 0 aromatic heterocycles. The molecule has 3 heteroatoms. The van der Waals surface area contributed by atoms with Crippen LogP contribution in [-0.4, -0.2) is 16.9 Å². The summed E-state index contributed by atoms with van der Waals surface area (Å²) < 4.78 is 0. The third kappa shape index (κ3) is 2.86. The van der Waals surface area contributed by atoms with Crippen molar-refractivity contribution in [2.75, 3.05) is 0 Å². The summed E-state index contributed by atoms with van der Waals surface area (Å²) in [5, 5.41) is 10.0. The lowest BCUT2D eigenvalue weighted by molar-refractivity contribution is -0.185. The number of carbonyl (C=O) groups excluding carboxylic acids is 1. The van der Waals surface area contributed by atoms with Gasteiger partial charge in [0.1, 0.15) is 0 Å². The standard InChI is InChI=1S/C30H46O3/c1-25(2)10-8-11-28(5)22(25)9-12-30(7)23(28)21(31)17-19-20-18-27(4,24(32)33)14-13-26(20,3)15-16-29(19,30)6/h17,20,22-23H,8-16,18H2,1-7H3,(H,32,33)/t20-,22-,23+,26+,27-,28-,29+,30+/m0/s1. The summed E-state index contributed by atoms with van der Waals surface area (Å²) in [5.41, 5.74) is 1.09. The second kappa shape index (κ2) is 6.76. The Kier molecular flexibility index (Phi) is 4.83. The summed E-state index contributed by atoms with van der Waals surface area (Å²) in [5.74, 6) is 0.609. The Morgan fingerprint density at radius 1 is 0.909 bits per heavy atom. The van der Waals surface area contributed by atoms with Gasteiger partial charge < -0.3 is 5.11 Å². The first-order valence-electron chi connectivity index (χ1n) is 13.6. The number of aliphatic carboxylic acids is 1. The molecule has 0 aromatic rings. The van der Waals surface area contributed by atoms with Crippen LogP contribution in [0.2, 0.25) is 0 Å². The van der Waals surface area contributed by atoms with Crippen molar-refractivity contribution in [2.24, 2.45) is 50.2 Å². The summed E-state index contributed by atoms with van der Waals surface area (Å²) in [6, 6.07) is 0. The molecule has 0 heterocycles. The minimum atomic E-state index is -0.679. The molecule has 0 amide bonds. The number of rotatable bonds is 1. The molecule has 5 aliphatic carbocycles. The van der Waals surface area contributed by atoms with Crippen molar-refractivity contribution in [2.45, 2.75) is 113 Å². The molecule has 3 nitrogen and oxygen atoms in total. The molecule has 4 fully saturated rings. The molecule has 0 saturated heterocycles. The van der Waals surface area contributed by atoms with E-state index in [2.05, 4.69) is 47.6 Å². The predicted molar refractivity (Wildman–Crippen MR) is 132 cm³/mol. The fourth-order valence-corrected chi connectivity index (χ4v) is 10.5. The highest BCUT2D eigenvalue weighted by Crippen LogP contribution is 2.75. The van der Waals surface area contributed by atoms with Crippen LogP contribution in [0.5, 0.6) is 0 Å². The fourth-order valence-electron chi connectivity index (χ4n) is 10.5. The Balaban J connectivity index is 1.63. The Morgan fingerprint density at radius 3 is 2.24 bits per heavy atom. The summed E-state index contributed by atoms with van der Waals surface area (Å²) in [7, 11) is 0. The highest BCUT2D eigenvalue weighted by Gasteiger charge is 2.69. The maximum Gasteiger partial charge on any atom is 0.309 e. The van der Waals surface area contributed by atoms with Gasteiger partial charge in [0.15, 0.2) is 5.78 Å². The minimum absolute atomic E-state index is 0.0118. The van der Waals surface area contributed by atoms with Gasteiger partial charge >= 0.3 is 5.97 Å². The van der Waals surface area contributed by atoms with Gasteiger partial charge in [-0.05, 0) is 110 Å². The van der Waals surface area contributed by atoms with Crippen molar-refractivity contribution < 1.29 is 14.7 Å². The van der Waals surface area contributed by atoms with E-state index >= 15 is 0 Å². The summed E-state index contributed by atoms with van der Waals surface area (Å²) >= 11 is 0. The zero-order valence-corrected chi connectivity index (χ0v) is 22.1. The molecule has 8 atom stereocenters. The molecule has 0 aromatic carbocycles. The van der Waals surface area contributed by atoms with Crippen LogP contribution in [0.4, 0.5) is 0 Å². The van der Waals surface area contributed by atoms with Gasteiger partial charge in [-0.25, -0.2) is 0 Å². The number of carboxylic acid groups (broad SMARTS) is 1. The van der Waals surface area contributed by atoms with E-state index in [1.807, 2.05) is 6.92 Å². The first-order valence-corrected chi connectivity index (χ1v) is 13.6. The van der Waals surface area contributed by atoms with Gasteiger partial charge in [-0.15, -0.1) is 0 Å². The highest BCUT2D eigenvalue weighted by atomic mass is 16.4. The van der Waals surface area contributed by atoms with Crippen LogP contribution in [-0.2, 0) is 9.59 Å². The molecule has 5 rings (SSSR count). The Bertz CT molecular complexity index is 931. The molecule has 4 saturated carbocycles. The zero-order chi connectivity index (χ0) is 24.2. The second-order valence-corrected chi connectivity index (χ2v) is 14.9. The van der Waals surface area contributed by atoms with Gasteiger partial charge in [0.2, 0.25) is 0 Å². The van der Waals surface area contributed by atoms with Crippen molar-refractivity contribution >= 4 is 11.8 Å². The van der Waals surface area contributed by atoms with Gasteiger partial charge in [0.25, 0.3) is 0 Å². The van der Waals surface area contributed by atoms with E-state index in [4.69, 9.17) is 0 Å². The normalized spacial score (nSPS) is 53.1. The van der Waals surface area contributed by atoms with Crippen molar-refractivity contribution in [1.82, 2.24) is 0 Å². The molecule has 0 spiro atoms. The van der Waals surface area contributed by atoms with Crippen LogP contribution in [0.3, 0.4) is 0 Å². The third-order valence-electron chi connectivity index (χ3n) is 12.8. The van der Waals surface area contributed by atoms with Crippen molar-refractivity contribution in [1.29, 1.82) is 0 Å². The average molecular weight is 455 g/mol. The lowest BCUT2D eigenvalue weighted by Gasteiger charge is -2.70. The number of ketones is 1. The van der Waals surface area contributed by atoms with E-state index in [0.29, 0.717) is 23.5 Å². The van der Waals surface area contributed by atoms with Gasteiger partial charge in [-0.2, -0.15) is 0 Å². The SMILES string of the molecule is CC1(C)CCC[C@]2(C)[C@H]3C(=O)C=C4[C@@H]5C[C@@](C)(C(=O)O)CC[C@]5(C)CC[C@@]4(C)[C@]3(C)CC[C@@H]12. The number of hydrogen-bond acceptors (Lipinski definition) is 2. The van der Waals surface area contributed by atoms with Gasteiger partial charge in [-0.1, -0.05) is 53.5 Å². The van der Waals surface area contributed by atoms with Crippen molar-refractivity contribution in [3.8, 4) is 0 Å². The lowest BCUT2D eigenvalue weighted by atomic mass is 9.33. The number of allylic oxidation sites excluding steroid dienone is 2. The van der Waals surface area contributed by atoms with E-state index in [1.165, 1.54) is 31.3 Å². The first kappa shape index (κ1) is 23.6. The van der Waals surface area contributed by atoms with Crippen molar-refractivity contribution in [3.63, 3.8) is 0 Å². The van der Waals surface area contributed by atoms with E-state index in [0.717, 1.165) is 32.1 Å². The van der Waals surface area contributed by atoms with Gasteiger partial charge in [-0.3, -0.25) is 9.59 Å². The summed E-state index contributed by atoms with van der Waals surface area (Å²) in [4.78, 5) is 26.4. The maximum absolute atomic E-state index is 14.2. The van der Waals surface area contributed by atoms with Crippen LogP contribution in [0.1, 0.15) is 113 Å². The van der Waals surface area contributed by atoms with Crippen LogP contribution in [0.25, 0.3) is 0 Å². The average Bonchev–Trinajstić information content (AvgIpc) is 2.70. The molecular formula is C30H46O3. The summed E-state index contributed by atoms with van der Waals surface area (Å²) in [6.07, 6.45) is 12.8. The highest BCUT2D eigenvalue weighted by molar-refractivity contribution is 5.95. The third-order valence-corrected chi connectivity index (χ3v) is 12.8. The van der Waals surface area contributed by atoms with Crippen LogP contribution < -0.4 is 0 Å². The van der Waals surface area contributed by atoms with Gasteiger partial charge in [0, 0.05) is 5.92 Å². The number of hydrogen-bond donors (Lipinski definition) is 1. The topological polar surface area (TPSA) is 54.4 Å². The van der Waals surface area contributed by atoms with E-state index in [-0.39, 0.29) is 33.5 Å². The molecule has 184 valence electrons. The van der Waals surface area contributed by atoms with Crippen molar-refractivity contribution in [3.05, 3.63) is 11.6 Å². The maximum atomic E-state index is 14.2. The molecule has 5 aliphatic rings. The van der Waals surface area contributed by atoms with E-state index in [1.54, 1.807) is 0 Å². The Hall–Kier alpha value is -1.12. The Morgan fingerprint density at radius 2 is 1.58 bits per heavy atom. The summed E-state index contributed by atoms with van der Waals surface area (Å²) in [6.45, 7) is 16.6. The Labute approximate surface area is 201 Å². The molecule has 0 radical (unpaired) electrons. The molecule has 0 unspecified atom stereocenters. The smallest absolute Gasteiger partial charge is 0.309 e. The predicted octanol–water partition coefficient (Wildman–Crippen LogP) is 7.44. The van der Waals surface area contributed by atoms with Gasteiger partial charge in [0.05, 0.1) is 5.41 Å². The lowest BCUT2D eigenvalue weighted by Crippen LogP contribution is -2.65. The fraction of sp³-hybridized carbons (Fsp3) is 0.867. The molecule has 1 N–H and O–H groups in total. The van der Waals surface area contributed by atoms with Crippen LogP contribution >= 0.6 is 0 Å². The largest absolute Gasteiger partial charge is 0.481 e. The molecule has 0 bridgehead atoms. The molecule has 33 heavy (non-hydrogen) atoms.